The molecule has 0 bridgehead atoms. The van der Waals surface area contributed by atoms with E-state index >= 15 is 0 Å². The summed E-state index contributed by atoms with van der Waals surface area (Å²) in [5.41, 5.74) is 3.00. The summed E-state index contributed by atoms with van der Waals surface area (Å²) in [4.78, 5) is 20.5. The van der Waals surface area contributed by atoms with Crippen LogP contribution in [-0.4, -0.2) is 76.2 Å². The third-order valence-electron chi connectivity index (χ3n) is 6.65. The molecule has 3 aromatic rings. The van der Waals surface area contributed by atoms with E-state index in [1.54, 1.807) is 0 Å². The molecule has 4 rings (SSSR count). The summed E-state index contributed by atoms with van der Waals surface area (Å²) in [5, 5.41) is 5.20. The van der Waals surface area contributed by atoms with Crippen LogP contribution in [0.15, 0.2) is 60.7 Å². The highest BCUT2D eigenvalue weighted by atomic mass is 16.5. The van der Waals surface area contributed by atoms with Crippen molar-refractivity contribution in [1.29, 1.82) is 0 Å². The van der Waals surface area contributed by atoms with Gasteiger partial charge in [-0.15, -0.1) is 0 Å². The van der Waals surface area contributed by atoms with Crippen molar-refractivity contribution in [2.45, 2.75) is 13.0 Å². The number of hydrogen-bond donors (Lipinski definition) is 1. The molecule has 1 unspecified atom stereocenters. The second-order valence-electron chi connectivity index (χ2n) is 9.14. The fourth-order valence-electron chi connectivity index (χ4n) is 4.63. The first-order chi connectivity index (χ1) is 16.5. The molecule has 180 valence electrons. The standard InChI is InChI=1S/C28H36N4O2/c1-5-34-26-15-12-21-8-6-7-9-24(21)27(26)28(33)29-20-25(32-18-16-31(4)17-19-32)22-10-13-23(14-11-22)30(2)3/h6-15,25H,5,16-20H2,1-4H3,(H,29,33). The van der Waals surface area contributed by atoms with Gasteiger partial charge in [0.15, 0.2) is 0 Å². The van der Waals surface area contributed by atoms with Gasteiger partial charge in [0.25, 0.3) is 5.91 Å². The number of fused-ring (bicyclic) bond motifs is 1. The van der Waals surface area contributed by atoms with Crippen LogP contribution in [0.2, 0.25) is 0 Å². The Hall–Kier alpha value is -3.09. The van der Waals surface area contributed by atoms with Gasteiger partial charge < -0.3 is 19.9 Å². The highest BCUT2D eigenvalue weighted by Crippen LogP contribution is 2.29. The van der Waals surface area contributed by atoms with Gasteiger partial charge in [-0.25, -0.2) is 0 Å². The highest BCUT2D eigenvalue weighted by Gasteiger charge is 2.25. The summed E-state index contributed by atoms with van der Waals surface area (Å²) in [6, 6.07) is 20.7. The molecule has 0 radical (unpaired) electrons. The fourth-order valence-corrected chi connectivity index (χ4v) is 4.63. The quantitative estimate of drug-likeness (QED) is 0.550. The molecular weight excluding hydrogens is 424 g/mol. The van der Waals surface area contributed by atoms with Crippen molar-refractivity contribution in [2.75, 3.05) is 65.4 Å². The molecule has 1 aliphatic heterocycles. The van der Waals surface area contributed by atoms with Crippen LogP contribution in [0.3, 0.4) is 0 Å². The molecule has 1 amide bonds. The number of carbonyl (C=O) groups is 1. The maximum Gasteiger partial charge on any atom is 0.255 e. The Labute approximate surface area is 203 Å². The number of piperazine rings is 1. The van der Waals surface area contributed by atoms with Crippen LogP contribution < -0.4 is 15.0 Å². The molecule has 0 aromatic heterocycles. The molecule has 1 saturated heterocycles. The Bertz CT molecular complexity index is 1110. The topological polar surface area (TPSA) is 48.1 Å². The average Bonchev–Trinajstić information content (AvgIpc) is 2.85. The molecule has 3 aromatic carbocycles. The van der Waals surface area contributed by atoms with Crippen LogP contribution in [0.5, 0.6) is 5.75 Å². The zero-order chi connectivity index (χ0) is 24.1. The monoisotopic (exact) mass is 460 g/mol. The summed E-state index contributed by atoms with van der Waals surface area (Å²) in [7, 11) is 6.26. The van der Waals surface area contributed by atoms with E-state index in [4.69, 9.17) is 4.74 Å². The number of hydrogen-bond acceptors (Lipinski definition) is 5. The van der Waals surface area contributed by atoms with Crippen molar-refractivity contribution in [2.24, 2.45) is 0 Å². The minimum absolute atomic E-state index is 0.0933. The lowest BCUT2D eigenvalue weighted by Crippen LogP contribution is -2.48. The largest absolute Gasteiger partial charge is 0.493 e. The third kappa shape index (κ3) is 5.34. The normalized spacial score (nSPS) is 15.8. The highest BCUT2D eigenvalue weighted by molar-refractivity contribution is 6.09. The molecule has 1 N–H and O–H groups in total. The summed E-state index contributed by atoms with van der Waals surface area (Å²) < 4.78 is 5.84. The van der Waals surface area contributed by atoms with E-state index in [-0.39, 0.29) is 11.9 Å². The maximum absolute atomic E-state index is 13.5. The first kappa shape index (κ1) is 24.0. The van der Waals surface area contributed by atoms with Crippen molar-refractivity contribution in [3.63, 3.8) is 0 Å². The third-order valence-corrected chi connectivity index (χ3v) is 6.65. The molecule has 0 aliphatic carbocycles. The number of anilines is 1. The zero-order valence-corrected chi connectivity index (χ0v) is 20.8. The molecule has 0 spiro atoms. The number of carbonyl (C=O) groups excluding carboxylic acids is 1. The van der Waals surface area contributed by atoms with Gasteiger partial charge in [0.2, 0.25) is 0 Å². The predicted octanol–water partition coefficient (Wildman–Crippen LogP) is 4.02. The van der Waals surface area contributed by atoms with E-state index in [2.05, 4.69) is 51.3 Å². The van der Waals surface area contributed by atoms with Gasteiger partial charge in [0.05, 0.1) is 18.2 Å². The summed E-state index contributed by atoms with van der Waals surface area (Å²) in [6.45, 7) is 7.00. The summed E-state index contributed by atoms with van der Waals surface area (Å²) >= 11 is 0. The lowest BCUT2D eigenvalue weighted by atomic mass is 10.0. The number of rotatable bonds is 8. The van der Waals surface area contributed by atoms with E-state index in [0.717, 1.165) is 37.0 Å². The van der Waals surface area contributed by atoms with Crippen LogP contribution in [0, 0.1) is 0 Å². The minimum Gasteiger partial charge on any atom is -0.493 e. The Morgan fingerprint density at radius 3 is 2.38 bits per heavy atom. The molecule has 1 heterocycles. The number of benzene rings is 3. The Kier molecular flexibility index (Phi) is 7.70. The smallest absolute Gasteiger partial charge is 0.255 e. The molecule has 1 fully saturated rings. The Morgan fingerprint density at radius 2 is 1.71 bits per heavy atom. The molecule has 1 aliphatic rings. The average molecular weight is 461 g/mol. The van der Waals surface area contributed by atoms with Gasteiger partial charge in [-0.1, -0.05) is 42.5 Å². The number of nitrogens with zero attached hydrogens (tertiary/aromatic N) is 3. The van der Waals surface area contributed by atoms with Crippen LogP contribution in [-0.2, 0) is 0 Å². The molecule has 6 nitrogen and oxygen atoms in total. The zero-order valence-electron chi connectivity index (χ0n) is 20.8. The van der Waals surface area contributed by atoms with E-state index in [0.29, 0.717) is 24.5 Å². The van der Waals surface area contributed by atoms with Crippen LogP contribution in [0.25, 0.3) is 10.8 Å². The predicted molar refractivity (Wildman–Crippen MR) is 140 cm³/mol. The van der Waals surface area contributed by atoms with Gasteiger partial charge in [0, 0.05) is 52.5 Å². The lowest BCUT2D eigenvalue weighted by molar-refractivity contribution is 0.0884. The van der Waals surface area contributed by atoms with E-state index in [1.165, 1.54) is 11.3 Å². The number of nitrogens with one attached hydrogen (secondary N) is 1. The van der Waals surface area contributed by atoms with Gasteiger partial charge >= 0.3 is 0 Å². The number of amides is 1. The van der Waals surface area contributed by atoms with Gasteiger partial charge in [0.1, 0.15) is 5.75 Å². The fraction of sp³-hybridized carbons (Fsp3) is 0.393. The Morgan fingerprint density at radius 1 is 1.00 bits per heavy atom. The van der Waals surface area contributed by atoms with Gasteiger partial charge in [-0.05, 0) is 48.5 Å². The second kappa shape index (κ2) is 10.9. The first-order valence-corrected chi connectivity index (χ1v) is 12.1. The van der Waals surface area contributed by atoms with Crippen LogP contribution in [0.4, 0.5) is 5.69 Å². The lowest BCUT2D eigenvalue weighted by Gasteiger charge is -2.38. The van der Waals surface area contributed by atoms with Crippen molar-refractivity contribution < 1.29 is 9.53 Å². The van der Waals surface area contributed by atoms with Crippen LogP contribution in [0.1, 0.15) is 28.9 Å². The van der Waals surface area contributed by atoms with Crippen molar-refractivity contribution >= 4 is 22.4 Å². The number of ether oxygens (including phenoxy) is 1. The molecule has 34 heavy (non-hydrogen) atoms. The summed E-state index contributed by atoms with van der Waals surface area (Å²) in [6.07, 6.45) is 0. The Balaban J connectivity index is 1.60. The number of likely N-dealkylation sites (N-methyl/N-ethyl adjacent to an activating group) is 1. The van der Waals surface area contributed by atoms with E-state index in [9.17, 15) is 4.79 Å². The summed E-state index contributed by atoms with van der Waals surface area (Å²) in [5.74, 6) is 0.537. The van der Waals surface area contributed by atoms with Crippen molar-refractivity contribution in [3.05, 3.63) is 71.8 Å². The molecule has 1 atom stereocenters. The second-order valence-corrected chi connectivity index (χ2v) is 9.14. The molecule has 0 saturated carbocycles. The first-order valence-electron chi connectivity index (χ1n) is 12.1. The minimum atomic E-state index is -0.0933. The maximum atomic E-state index is 13.5. The van der Waals surface area contributed by atoms with Gasteiger partial charge in [-0.2, -0.15) is 0 Å². The van der Waals surface area contributed by atoms with Gasteiger partial charge in [-0.3, -0.25) is 9.69 Å². The SMILES string of the molecule is CCOc1ccc2ccccc2c1C(=O)NCC(c1ccc(N(C)C)cc1)N1CCN(C)CC1. The van der Waals surface area contributed by atoms with Crippen molar-refractivity contribution in [3.8, 4) is 5.75 Å². The van der Waals surface area contributed by atoms with Crippen LogP contribution >= 0.6 is 0 Å². The van der Waals surface area contributed by atoms with E-state index in [1.807, 2.05) is 57.4 Å². The van der Waals surface area contributed by atoms with E-state index < -0.39 is 0 Å². The van der Waals surface area contributed by atoms with Crippen molar-refractivity contribution in [1.82, 2.24) is 15.1 Å². The molecule has 6 heteroatoms. The molecular formula is C28H36N4O2.